The zero-order valence-electron chi connectivity index (χ0n) is 9.96. The molecule has 0 saturated heterocycles. The number of hydrogen-bond acceptors (Lipinski definition) is 4. The summed E-state index contributed by atoms with van der Waals surface area (Å²) in [6.45, 7) is 0. The number of nitrogens with one attached hydrogen (secondary N) is 1. The molecule has 0 saturated carbocycles. The average Bonchev–Trinajstić information content (AvgIpc) is 2.47. The third kappa shape index (κ3) is 1.88. The number of rotatable bonds is 2. The van der Waals surface area contributed by atoms with E-state index in [1.54, 1.807) is 19.4 Å². The van der Waals surface area contributed by atoms with Gasteiger partial charge in [0, 0.05) is 30.4 Å². The van der Waals surface area contributed by atoms with Crippen LogP contribution in [0.1, 0.15) is 0 Å². The molecular weight excluding hydrogens is 224 g/mol. The molecule has 0 radical (unpaired) electrons. The SMILES string of the molecule is CNc1nccc(-c2ccc3cccnc3c2)n1. The number of fused-ring (bicyclic) bond motifs is 1. The highest BCUT2D eigenvalue weighted by Gasteiger charge is 2.02. The van der Waals surface area contributed by atoms with Crippen molar-refractivity contribution in [2.45, 2.75) is 0 Å². The van der Waals surface area contributed by atoms with Crippen molar-refractivity contribution in [3.8, 4) is 11.3 Å². The predicted octanol–water partition coefficient (Wildman–Crippen LogP) is 2.73. The van der Waals surface area contributed by atoms with E-state index in [1.165, 1.54) is 0 Å². The number of aromatic nitrogens is 3. The van der Waals surface area contributed by atoms with Gasteiger partial charge in [0.15, 0.2) is 0 Å². The van der Waals surface area contributed by atoms with Crippen LogP contribution in [-0.2, 0) is 0 Å². The summed E-state index contributed by atoms with van der Waals surface area (Å²) < 4.78 is 0. The molecule has 1 N–H and O–H groups in total. The molecule has 2 heterocycles. The Morgan fingerprint density at radius 1 is 1.00 bits per heavy atom. The lowest BCUT2D eigenvalue weighted by molar-refractivity contribution is 1.15. The van der Waals surface area contributed by atoms with Crippen LogP contribution in [0, 0.1) is 0 Å². The Bertz CT molecular complexity index is 694. The van der Waals surface area contributed by atoms with Gasteiger partial charge >= 0.3 is 0 Å². The summed E-state index contributed by atoms with van der Waals surface area (Å²) in [5, 5.41) is 4.07. The zero-order chi connectivity index (χ0) is 12.4. The quantitative estimate of drug-likeness (QED) is 0.743. The minimum absolute atomic E-state index is 0.619. The summed E-state index contributed by atoms with van der Waals surface area (Å²) >= 11 is 0. The van der Waals surface area contributed by atoms with Crippen molar-refractivity contribution < 1.29 is 0 Å². The molecule has 0 aliphatic carbocycles. The Morgan fingerprint density at radius 3 is 2.83 bits per heavy atom. The minimum atomic E-state index is 0.619. The van der Waals surface area contributed by atoms with E-state index in [9.17, 15) is 0 Å². The fraction of sp³-hybridized carbons (Fsp3) is 0.0714. The fourth-order valence-corrected chi connectivity index (χ4v) is 1.87. The predicted molar refractivity (Wildman–Crippen MR) is 72.3 cm³/mol. The van der Waals surface area contributed by atoms with Crippen LogP contribution >= 0.6 is 0 Å². The van der Waals surface area contributed by atoms with Crippen LogP contribution in [0.5, 0.6) is 0 Å². The Kier molecular flexibility index (Phi) is 2.61. The van der Waals surface area contributed by atoms with Gasteiger partial charge in [-0.25, -0.2) is 9.97 Å². The van der Waals surface area contributed by atoms with Crippen LogP contribution in [0.15, 0.2) is 48.8 Å². The Hall–Kier alpha value is -2.49. The average molecular weight is 236 g/mol. The van der Waals surface area contributed by atoms with Crippen molar-refractivity contribution >= 4 is 16.9 Å². The maximum absolute atomic E-state index is 4.42. The molecule has 0 unspecified atom stereocenters. The molecular formula is C14H12N4. The molecule has 3 rings (SSSR count). The molecule has 0 atom stereocenters. The largest absolute Gasteiger partial charge is 0.357 e. The lowest BCUT2D eigenvalue weighted by Gasteiger charge is -2.04. The highest BCUT2D eigenvalue weighted by Crippen LogP contribution is 2.21. The third-order valence-electron chi connectivity index (χ3n) is 2.78. The van der Waals surface area contributed by atoms with E-state index >= 15 is 0 Å². The maximum atomic E-state index is 4.42. The molecule has 18 heavy (non-hydrogen) atoms. The smallest absolute Gasteiger partial charge is 0.222 e. The third-order valence-corrected chi connectivity index (χ3v) is 2.78. The lowest BCUT2D eigenvalue weighted by atomic mass is 10.1. The second-order valence-electron chi connectivity index (χ2n) is 3.93. The van der Waals surface area contributed by atoms with E-state index in [-0.39, 0.29) is 0 Å². The van der Waals surface area contributed by atoms with Gasteiger partial charge in [0.05, 0.1) is 11.2 Å². The molecule has 0 spiro atoms. The molecule has 2 aromatic heterocycles. The summed E-state index contributed by atoms with van der Waals surface area (Å²) in [5.41, 5.74) is 2.90. The van der Waals surface area contributed by atoms with Gasteiger partial charge in [-0.1, -0.05) is 18.2 Å². The second-order valence-corrected chi connectivity index (χ2v) is 3.93. The van der Waals surface area contributed by atoms with Gasteiger partial charge in [-0.15, -0.1) is 0 Å². The number of anilines is 1. The van der Waals surface area contributed by atoms with Gasteiger partial charge in [-0.2, -0.15) is 0 Å². The van der Waals surface area contributed by atoms with Gasteiger partial charge in [0.25, 0.3) is 0 Å². The van der Waals surface area contributed by atoms with E-state index in [0.29, 0.717) is 5.95 Å². The number of benzene rings is 1. The van der Waals surface area contributed by atoms with Crippen molar-refractivity contribution in [3.63, 3.8) is 0 Å². The molecule has 4 heteroatoms. The highest BCUT2D eigenvalue weighted by molar-refractivity contribution is 5.83. The standard InChI is InChI=1S/C14H12N4/c1-15-14-17-8-6-12(18-14)11-5-4-10-3-2-7-16-13(10)9-11/h2-9H,1H3,(H,15,17,18). The first-order valence-electron chi connectivity index (χ1n) is 5.73. The molecule has 0 amide bonds. The zero-order valence-corrected chi connectivity index (χ0v) is 9.96. The summed E-state index contributed by atoms with van der Waals surface area (Å²) in [6.07, 6.45) is 3.54. The molecule has 88 valence electrons. The van der Waals surface area contributed by atoms with Crippen molar-refractivity contribution in [2.75, 3.05) is 12.4 Å². The molecule has 0 fully saturated rings. The summed E-state index contributed by atoms with van der Waals surface area (Å²) in [6, 6.07) is 12.0. The van der Waals surface area contributed by atoms with Gasteiger partial charge in [-0.3, -0.25) is 4.98 Å². The van der Waals surface area contributed by atoms with E-state index in [4.69, 9.17) is 0 Å². The van der Waals surface area contributed by atoms with Crippen LogP contribution in [0.3, 0.4) is 0 Å². The second kappa shape index (κ2) is 4.41. The van der Waals surface area contributed by atoms with Crippen molar-refractivity contribution in [3.05, 3.63) is 48.8 Å². The van der Waals surface area contributed by atoms with E-state index in [0.717, 1.165) is 22.2 Å². The van der Waals surface area contributed by atoms with Gasteiger partial charge in [0.1, 0.15) is 0 Å². The first-order valence-corrected chi connectivity index (χ1v) is 5.73. The van der Waals surface area contributed by atoms with Crippen LogP contribution in [0.2, 0.25) is 0 Å². The van der Waals surface area contributed by atoms with Crippen LogP contribution < -0.4 is 5.32 Å². The molecule has 4 nitrogen and oxygen atoms in total. The van der Waals surface area contributed by atoms with Crippen LogP contribution in [0.25, 0.3) is 22.2 Å². The van der Waals surface area contributed by atoms with E-state index < -0.39 is 0 Å². The molecule has 0 aliphatic heterocycles. The van der Waals surface area contributed by atoms with Gasteiger partial charge in [0.2, 0.25) is 5.95 Å². The number of pyridine rings is 1. The number of nitrogens with zero attached hydrogens (tertiary/aromatic N) is 3. The maximum Gasteiger partial charge on any atom is 0.222 e. The monoisotopic (exact) mass is 236 g/mol. The fourth-order valence-electron chi connectivity index (χ4n) is 1.87. The van der Waals surface area contributed by atoms with E-state index in [2.05, 4.69) is 26.3 Å². The first-order chi connectivity index (χ1) is 8.86. The molecule has 0 aliphatic rings. The highest BCUT2D eigenvalue weighted by atomic mass is 15.1. The number of hydrogen-bond donors (Lipinski definition) is 1. The van der Waals surface area contributed by atoms with Crippen LogP contribution in [0.4, 0.5) is 5.95 Å². The van der Waals surface area contributed by atoms with Crippen LogP contribution in [-0.4, -0.2) is 22.0 Å². The van der Waals surface area contributed by atoms with Gasteiger partial charge < -0.3 is 5.32 Å². The Balaban J connectivity index is 2.13. The Morgan fingerprint density at radius 2 is 1.94 bits per heavy atom. The molecule has 3 aromatic rings. The first kappa shape index (κ1) is 10.7. The molecule has 0 bridgehead atoms. The minimum Gasteiger partial charge on any atom is -0.357 e. The topological polar surface area (TPSA) is 50.7 Å². The van der Waals surface area contributed by atoms with Crippen molar-refractivity contribution in [1.29, 1.82) is 0 Å². The summed E-state index contributed by atoms with van der Waals surface area (Å²) in [4.78, 5) is 12.9. The Labute approximate surface area is 105 Å². The normalized spacial score (nSPS) is 10.5. The molecule has 1 aromatic carbocycles. The lowest BCUT2D eigenvalue weighted by Crippen LogP contribution is -1.96. The summed E-state index contributed by atoms with van der Waals surface area (Å²) in [5.74, 6) is 0.619. The van der Waals surface area contributed by atoms with Crippen molar-refractivity contribution in [2.24, 2.45) is 0 Å². The van der Waals surface area contributed by atoms with E-state index in [1.807, 2.05) is 30.3 Å². The summed E-state index contributed by atoms with van der Waals surface area (Å²) in [7, 11) is 1.81. The van der Waals surface area contributed by atoms with Crippen molar-refractivity contribution in [1.82, 2.24) is 15.0 Å². The van der Waals surface area contributed by atoms with Gasteiger partial charge in [-0.05, 0) is 18.2 Å².